The summed E-state index contributed by atoms with van der Waals surface area (Å²) in [6, 6.07) is 5.01. The minimum absolute atomic E-state index is 0.135. The Morgan fingerprint density at radius 2 is 2.00 bits per heavy atom. The van der Waals surface area contributed by atoms with Gasteiger partial charge in [0.05, 0.1) is 12.1 Å². The van der Waals surface area contributed by atoms with E-state index in [0.29, 0.717) is 12.3 Å². The van der Waals surface area contributed by atoms with Gasteiger partial charge in [0.1, 0.15) is 17.8 Å². The summed E-state index contributed by atoms with van der Waals surface area (Å²) in [5, 5.41) is 21.5. The zero-order valence-electron chi connectivity index (χ0n) is 10.7. The minimum atomic E-state index is -1.01. The average Bonchev–Trinajstić information content (AvgIpc) is 2.81. The average molecular weight is 261 g/mol. The van der Waals surface area contributed by atoms with Crippen LogP contribution >= 0.6 is 0 Å². The first-order valence-corrected chi connectivity index (χ1v) is 5.82. The quantitative estimate of drug-likeness (QED) is 0.737. The third-order valence-electron chi connectivity index (χ3n) is 2.90. The minimum Gasteiger partial charge on any atom is -0.508 e. The van der Waals surface area contributed by atoms with Crippen molar-refractivity contribution in [1.82, 2.24) is 0 Å². The van der Waals surface area contributed by atoms with E-state index in [2.05, 4.69) is 5.32 Å². The summed E-state index contributed by atoms with van der Waals surface area (Å²) >= 11 is 0. The van der Waals surface area contributed by atoms with Crippen LogP contribution in [0.5, 0.6) is 5.75 Å². The SMILES string of the molecule is Cc1cc(NCc2cc(C(=O)O)co2)c(C)cc1O. The number of rotatable bonds is 4. The van der Waals surface area contributed by atoms with Crippen molar-refractivity contribution in [3.05, 3.63) is 46.9 Å². The molecule has 0 aliphatic carbocycles. The number of carboxylic acids is 1. The first kappa shape index (κ1) is 13.0. The Bertz CT molecular complexity index is 616. The van der Waals surface area contributed by atoms with Gasteiger partial charge in [0.25, 0.3) is 0 Å². The van der Waals surface area contributed by atoms with Crippen molar-refractivity contribution >= 4 is 11.7 Å². The molecule has 0 fully saturated rings. The van der Waals surface area contributed by atoms with Gasteiger partial charge in [0.15, 0.2) is 0 Å². The van der Waals surface area contributed by atoms with Crippen LogP contribution in [0.2, 0.25) is 0 Å². The van der Waals surface area contributed by atoms with Crippen LogP contribution in [0.3, 0.4) is 0 Å². The second-order valence-corrected chi connectivity index (χ2v) is 4.41. The molecule has 1 aromatic heterocycles. The van der Waals surface area contributed by atoms with E-state index >= 15 is 0 Å². The lowest BCUT2D eigenvalue weighted by Gasteiger charge is -2.10. The van der Waals surface area contributed by atoms with Gasteiger partial charge in [-0.05, 0) is 43.2 Å². The third kappa shape index (κ3) is 2.88. The Balaban J connectivity index is 2.09. The molecule has 19 heavy (non-hydrogen) atoms. The maximum absolute atomic E-state index is 10.7. The lowest BCUT2D eigenvalue weighted by atomic mass is 10.1. The predicted molar refractivity (Wildman–Crippen MR) is 70.6 cm³/mol. The van der Waals surface area contributed by atoms with E-state index in [1.807, 2.05) is 19.9 Å². The zero-order valence-corrected chi connectivity index (χ0v) is 10.7. The summed E-state index contributed by atoms with van der Waals surface area (Å²) in [5.41, 5.74) is 2.70. The Kier molecular flexibility index (Phi) is 3.46. The molecule has 0 bridgehead atoms. The molecule has 2 aromatic rings. The lowest BCUT2D eigenvalue weighted by molar-refractivity contribution is 0.0696. The van der Waals surface area contributed by atoms with Crippen LogP contribution in [-0.4, -0.2) is 16.2 Å². The van der Waals surface area contributed by atoms with Crippen LogP contribution in [0.25, 0.3) is 0 Å². The van der Waals surface area contributed by atoms with Crippen molar-refractivity contribution in [2.24, 2.45) is 0 Å². The molecule has 0 spiro atoms. The second kappa shape index (κ2) is 5.06. The largest absolute Gasteiger partial charge is 0.508 e. The molecule has 1 aromatic carbocycles. The molecule has 0 aliphatic heterocycles. The van der Waals surface area contributed by atoms with Gasteiger partial charge in [-0.2, -0.15) is 0 Å². The number of nitrogens with one attached hydrogen (secondary N) is 1. The number of anilines is 1. The number of hydrogen-bond donors (Lipinski definition) is 3. The van der Waals surface area contributed by atoms with E-state index in [1.54, 1.807) is 6.07 Å². The third-order valence-corrected chi connectivity index (χ3v) is 2.90. The first-order valence-electron chi connectivity index (χ1n) is 5.82. The molecule has 1 heterocycles. The summed E-state index contributed by atoms with van der Waals surface area (Å²) in [6.07, 6.45) is 1.22. The van der Waals surface area contributed by atoms with Crippen molar-refractivity contribution in [2.45, 2.75) is 20.4 Å². The van der Waals surface area contributed by atoms with Gasteiger partial charge in [-0.15, -0.1) is 0 Å². The summed E-state index contributed by atoms with van der Waals surface area (Å²) in [7, 11) is 0. The highest BCUT2D eigenvalue weighted by Crippen LogP contribution is 2.25. The summed E-state index contributed by atoms with van der Waals surface area (Å²) in [6.45, 7) is 4.08. The molecule has 100 valence electrons. The normalized spacial score (nSPS) is 10.4. The molecule has 5 heteroatoms. The van der Waals surface area contributed by atoms with Crippen LogP contribution in [-0.2, 0) is 6.54 Å². The molecule has 5 nitrogen and oxygen atoms in total. The molecule has 0 amide bonds. The number of carboxylic acid groups (broad SMARTS) is 1. The second-order valence-electron chi connectivity index (χ2n) is 4.41. The Hall–Kier alpha value is -2.43. The standard InChI is InChI=1S/C14H15NO4/c1-8-4-13(16)9(2)3-12(8)15-6-11-5-10(7-19-11)14(17)18/h3-5,7,15-16H,6H2,1-2H3,(H,17,18). The van der Waals surface area contributed by atoms with E-state index in [0.717, 1.165) is 16.8 Å². The number of carbonyl (C=O) groups is 1. The fraction of sp³-hybridized carbons (Fsp3) is 0.214. The molecular formula is C14H15NO4. The van der Waals surface area contributed by atoms with Crippen molar-refractivity contribution in [1.29, 1.82) is 0 Å². The van der Waals surface area contributed by atoms with Gasteiger partial charge in [0, 0.05) is 5.69 Å². The number of furan rings is 1. The van der Waals surface area contributed by atoms with Crippen LogP contribution in [0, 0.1) is 13.8 Å². The number of phenolic OH excluding ortho intramolecular Hbond substituents is 1. The van der Waals surface area contributed by atoms with Gasteiger partial charge >= 0.3 is 5.97 Å². The first-order chi connectivity index (χ1) is 8.97. The molecule has 0 unspecified atom stereocenters. The van der Waals surface area contributed by atoms with Gasteiger partial charge in [-0.3, -0.25) is 0 Å². The molecule has 0 radical (unpaired) electrons. The van der Waals surface area contributed by atoms with Crippen LogP contribution in [0.1, 0.15) is 27.2 Å². The van der Waals surface area contributed by atoms with E-state index in [-0.39, 0.29) is 11.3 Å². The van der Waals surface area contributed by atoms with Gasteiger partial charge in [-0.1, -0.05) is 0 Å². The molecule has 0 saturated carbocycles. The van der Waals surface area contributed by atoms with Gasteiger partial charge in [-0.25, -0.2) is 4.79 Å². The van der Waals surface area contributed by atoms with E-state index in [9.17, 15) is 9.90 Å². The molecular weight excluding hydrogens is 246 g/mol. The Labute approximate surface area is 110 Å². The maximum atomic E-state index is 10.7. The smallest absolute Gasteiger partial charge is 0.338 e. The predicted octanol–water partition coefficient (Wildman–Crippen LogP) is 2.91. The summed E-state index contributed by atoms with van der Waals surface area (Å²) in [5.74, 6) is -0.205. The fourth-order valence-corrected chi connectivity index (χ4v) is 1.76. The molecule has 0 atom stereocenters. The van der Waals surface area contributed by atoms with Gasteiger partial charge < -0.3 is 19.9 Å². The zero-order chi connectivity index (χ0) is 14.0. The molecule has 2 rings (SSSR count). The molecule has 0 saturated heterocycles. The maximum Gasteiger partial charge on any atom is 0.338 e. The number of aryl methyl sites for hydroxylation is 2. The topological polar surface area (TPSA) is 82.7 Å². The summed E-state index contributed by atoms with van der Waals surface area (Å²) in [4.78, 5) is 10.7. The summed E-state index contributed by atoms with van der Waals surface area (Å²) < 4.78 is 5.15. The molecule has 3 N–H and O–H groups in total. The number of hydrogen-bond acceptors (Lipinski definition) is 4. The van der Waals surface area contributed by atoms with Crippen LogP contribution in [0.4, 0.5) is 5.69 Å². The number of aromatic carboxylic acids is 1. The molecule has 0 aliphatic rings. The van der Waals surface area contributed by atoms with E-state index in [1.165, 1.54) is 12.3 Å². The number of aromatic hydroxyl groups is 1. The van der Waals surface area contributed by atoms with Crippen molar-refractivity contribution in [3.63, 3.8) is 0 Å². The highest BCUT2D eigenvalue weighted by Gasteiger charge is 2.09. The monoisotopic (exact) mass is 261 g/mol. The van der Waals surface area contributed by atoms with E-state index < -0.39 is 5.97 Å². The number of benzene rings is 1. The van der Waals surface area contributed by atoms with Gasteiger partial charge in [0.2, 0.25) is 0 Å². The van der Waals surface area contributed by atoms with Crippen LogP contribution < -0.4 is 5.32 Å². The Morgan fingerprint density at radius 1 is 1.26 bits per heavy atom. The highest BCUT2D eigenvalue weighted by atomic mass is 16.4. The fourth-order valence-electron chi connectivity index (χ4n) is 1.76. The van der Waals surface area contributed by atoms with Crippen molar-refractivity contribution < 1.29 is 19.4 Å². The Morgan fingerprint density at radius 3 is 2.63 bits per heavy atom. The number of phenols is 1. The van der Waals surface area contributed by atoms with Crippen molar-refractivity contribution in [3.8, 4) is 5.75 Å². The van der Waals surface area contributed by atoms with Crippen molar-refractivity contribution in [2.75, 3.05) is 5.32 Å². The van der Waals surface area contributed by atoms with Crippen LogP contribution in [0.15, 0.2) is 28.9 Å². The highest BCUT2D eigenvalue weighted by molar-refractivity contribution is 5.87. The van der Waals surface area contributed by atoms with E-state index in [4.69, 9.17) is 9.52 Å². The lowest BCUT2D eigenvalue weighted by Crippen LogP contribution is -2.00.